The third-order valence-corrected chi connectivity index (χ3v) is 6.35. The largest absolute Gasteiger partial charge is 0.394 e. The first kappa shape index (κ1) is 26.9. The molecule has 36 heavy (non-hydrogen) atoms. The summed E-state index contributed by atoms with van der Waals surface area (Å²) in [6.07, 6.45) is -10.5. The van der Waals surface area contributed by atoms with E-state index in [4.69, 9.17) is 14.3 Å². The van der Waals surface area contributed by atoms with Crippen LogP contribution in [0.1, 0.15) is 13.3 Å². The first-order chi connectivity index (χ1) is 17.2. The van der Waals surface area contributed by atoms with E-state index in [0.29, 0.717) is 18.8 Å². The van der Waals surface area contributed by atoms with Crippen LogP contribution in [-0.2, 0) is 14.3 Å². The van der Waals surface area contributed by atoms with Crippen molar-refractivity contribution in [1.29, 1.82) is 0 Å². The monoisotopic (exact) mass is 515 g/mol. The van der Waals surface area contributed by atoms with Gasteiger partial charge in [-0.1, -0.05) is 5.57 Å². The van der Waals surface area contributed by atoms with Crippen molar-refractivity contribution in [3.63, 3.8) is 0 Å². The lowest BCUT2D eigenvalue weighted by molar-refractivity contribution is -0.303. The van der Waals surface area contributed by atoms with E-state index >= 15 is 0 Å². The zero-order valence-corrected chi connectivity index (χ0v) is 19.7. The Morgan fingerprint density at radius 2 is 1.69 bits per heavy atom. The lowest BCUT2D eigenvalue weighted by Gasteiger charge is -2.40. The molecular weight excluding hydrogens is 482 g/mol. The second-order valence-electron chi connectivity index (χ2n) is 9.05. The Morgan fingerprint density at radius 3 is 2.33 bits per heavy atom. The topological polar surface area (TPSA) is 214 Å². The second-order valence-corrected chi connectivity index (χ2v) is 9.05. The Morgan fingerprint density at radius 1 is 1.03 bits per heavy atom. The number of hydrogen-bond acceptors (Lipinski definition) is 15. The minimum absolute atomic E-state index is 0.148. The molecule has 1 unspecified atom stereocenters. The molecule has 3 aliphatic heterocycles. The van der Waals surface area contributed by atoms with Crippen LogP contribution < -0.4 is 15.3 Å². The number of aromatic nitrogens is 2. The highest BCUT2D eigenvalue weighted by molar-refractivity contribution is 5.81. The van der Waals surface area contributed by atoms with Gasteiger partial charge in [-0.3, -0.25) is 0 Å². The SMILES string of the molecule is C=C(C)CCNc1ncnc2c1N(OC1O[C@H](CO)[C@@H](O)[C@H](O)[C@H]1O)CN2[C@@H]1O[C@H](CO)[C@@H](O)[C@H]1O. The number of nitrogens with zero attached hydrogens (tertiary/aromatic N) is 4. The second kappa shape index (κ2) is 11.1. The summed E-state index contributed by atoms with van der Waals surface area (Å²) in [7, 11) is 0. The number of aliphatic hydroxyl groups is 7. The van der Waals surface area contributed by atoms with Crippen LogP contribution >= 0.6 is 0 Å². The highest BCUT2D eigenvalue weighted by atomic mass is 16.8. The number of anilines is 3. The Labute approximate surface area is 206 Å². The van der Waals surface area contributed by atoms with Crippen molar-refractivity contribution in [2.75, 3.05) is 41.7 Å². The molecule has 0 radical (unpaired) electrons. The number of nitrogens with one attached hydrogen (secondary N) is 1. The van der Waals surface area contributed by atoms with Gasteiger partial charge in [-0.15, -0.1) is 6.58 Å². The van der Waals surface area contributed by atoms with Gasteiger partial charge in [0.1, 0.15) is 55.7 Å². The van der Waals surface area contributed by atoms with Gasteiger partial charge < -0.3 is 55.4 Å². The first-order valence-electron chi connectivity index (χ1n) is 11.5. The molecule has 0 amide bonds. The van der Waals surface area contributed by atoms with Crippen molar-refractivity contribution < 1.29 is 50.1 Å². The van der Waals surface area contributed by atoms with Gasteiger partial charge in [-0.05, 0) is 13.3 Å². The Balaban J connectivity index is 1.64. The van der Waals surface area contributed by atoms with Crippen LogP contribution in [0.15, 0.2) is 18.5 Å². The summed E-state index contributed by atoms with van der Waals surface area (Å²) in [6, 6.07) is 0. The summed E-state index contributed by atoms with van der Waals surface area (Å²) in [5, 5.41) is 74.9. The predicted octanol–water partition coefficient (Wildman–Crippen LogP) is -3.39. The molecule has 4 rings (SSSR count). The van der Waals surface area contributed by atoms with Crippen LogP contribution in [0.5, 0.6) is 0 Å². The van der Waals surface area contributed by atoms with Crippen molar-refractivity contribution in [1.82, 2.24) is 9.97 Å². The quantitative estimate of drug-likeness (QED) is 0.151. The minimum Gasteiger partial charge on any atom is -0.394 e. The molecule has 15 nitrogen and oxygen atoms in total. The molecule has 2 saturated heterocycles. The van der Waals surface area contributed by atoms with Gasteiger partial charge in [-0.25, -0.2) is 19.9 Å². The van der Waals surface area contributed by atoms with Gasteiger partial charge >= 0.3 is 0 Å². The summed E-state index contributed by atoms with van der Waals surface area (Å²) >= 11 is 0. The third kappa shape index (κ3) is 4.99. The molecule has 15 heteroatoms. The maximum absolute atomic E-state index is 10.6. The van der Waals surface area contributed by atoms with Crippen molar-refractivity contribution in [3.05, 3.63) is 18.5 Å². The van der Waals surface area contributed by atoms with Gasteiger partial charge in [0.25, 0.3) is 0 Å². The molecule has 1 aromatic heterocycles. The summed E-state index contributed by atoms with van der Waals surface area (Å²) in [6.45, 7) is 4.93. The molecule has 0 spiro atoms. The average Bonchev–Trinajstić information content (AvgIpc) is 3.36. The van der Waals surface area contributed by atoms with Crippen LogP contribution in [0.2, 0.25) is 0 Å². The van der Waals surface area contributed by atoms with Crippen molar-refractivity contribution in [3.8, 4) is 0 Å². The standard InChI is InChI=1S/C21H33N5O10/c1-9(2)3-4-22-18-12-19(24-7-23-18)25(20-16(32)14(30)10(5-27)34-20)8-26(12)36-21-17(33)15(31)13(29)11(6-28)35-21/h7,10-11,13-17,20-21,27-33H,1,3-6,8H2,2H3,(H,22,23,24)/t10-,11-,13-,14-,15+,16-,17-,20-,21?/m1/s1. The first-order valence-corrected chi connectivity index (χ1v) is 11.5. The summed E-state index contributed by atoms with van der Waals surface area (Å²) < 4.78 is 11.1. The number of rotatable bonds is 9. The van der Waals surface area contributed by atoms with Crippen LogP contribution in [0, 0.1) is 0 Å². The van der Waals surface area contributed by atoms with Crippen molar-refractivity contribution in [2.24, 2.45) is 0 Å². The number of fused-ring (bicyclic) bond motifs is 1. The van der Waals surface area contributed by atoms with Gasteiger partial charge in [0, 0.05) is 6.54 Å². The molecule has 0 aromatic carbocycles. The fourth-order valence-electron chi connectivity index (χ4n) is 4.31. The van der Waals surface area contributed by atoms with E-state index in [0.717, 1.165) is 5.57 Å². The summed E-state index contributed by atoms with van der Waals surface area (Å²) in [5.74, 6) is 0.585. The van der Waals surface area contributed by atoms with Crippen molar-refractivity contribution in [2.45, 2.75) is 68.6 Å². The normalized spacial score (nSPS) is 36.3. The highest BCUT2D eigenvalue weighted by Gasteiger charge is 2.51. The van der Waals surface area contributed by atoms with Gasteiger partial charge in [-0.2, -0.15) is 0 Å². The van der Waals surface area contributed by atoms with Crippen LogP contribution in [-0.4, -0.2) is 127 Å². The summed E-state index contributed by atoms with van der Waals surface area (Å²) in [5.41, 5.74) is 1.23. The molecule has 0 bridgehead atoms. The number of ether oxygens (including phenoxy) is 2. The molecule has 4 heterocycles. The van der Waals surface area contributed by atoms with E-state index in [1.54, 1.807) is 0 Å². The fraction of sp³-hybridized carbons (Fsp3) is 0.714. The Hall–Kier alpha value is -2.18. The molecule has 1 aromatic rings. The Kier molecular flexibility index (Phi) is 8.25. The van der Waals surface area contributed by atoms with E-state index in [1.165, 1.54) is 16.3 Å². The fourth-order valence-corrected chi connectivity index (χ4v) is 4.31. The van der Waals surface area contributed by atoms with E-state index in [1.807, 2.05) is 6.92 Å². The highest BCUT2D eigenvalue weighted by Crippen LogP contribution is 2.43. The summed E-state index contributed by atoms with van der Waals surface area (Å²) in [4.78, 5) is 15.9. The third-order valence-electron chi connectivity index (χ3n) is 6.35. The Bertz CT molecular complexity index is 925. The maximum Gasteiger partial charge on any atom is 0.213 e. The number of hydrogen-bond donors (Lipinski definition) is 8. The molecule has 9 atom stereocenters. The van der Waals surface area contributed by atoms with E-state index < -0.39 is 68.5 Å². The molecule has 0 aliphatic carbocycles. The van der Waals surface area contributed by atoms with Gasteiger partial charge in [0.05, 0.1) is 13.2 Å². The van der Waals surface area contributed by atoms with Crippen LogP contribution in [0.4, 0.5) is 17.3 Å². The zero-order chi connectivity index (χ0) is 26.1. The lowest BCUT2D eigenvalue weighted by atomic mass is 9.99. The average molecular weight is 516 g/mol. The molecule has 8 N–H and O–H groups in total. The molecular formula is C21H33N5O10. The van der Waals surface area contributed by atoms with Crippen molar-refractivity contribution >= 4 is 17.3 Å². The molecule has 0 saturated carbocycles. The molecule has 2 fully saturated rings. The van der Waals surface area contributed by atoms with E-state index in [9.17, 15) is 35.7 Å². The van der Waals surface area contributed by atoms with Crippen LogP contribution in [0.3, 0.4) is 0 Å². The van der Waals surface area contributed by atoms with E-state index in [-0.39, 0.29) is 18.2 Å². The number of aliphatic hydroxyl groups excluding tert-OH is 7. The lowest BCUT2D eigenvalue weighted by Crippen LogP contribution is -2.60. The van der Waals surface area contributed by atoms with Gasteiger partial charge in [0.2, 0.25) is 6.29 Å². The smallest absolute Gasteiger partial charge is 0.213 e. The molecule has 3 aliphatic rings. The predicted molar refractivity (Wildman–Crippen MR) is 122 cm³/mol. The molecule has 202 valence electrons. The number of hydroxylamine groups is 1. The van der Waals surface area contributed by atoms with Crippen LogP contribution in [0.25, 0.3) is 0 Å². The maximum atomic E-state index is 10.6. The van der Waals surface area contributed by atoms with Gasteiger partial charge in [0.15, 0.2) is 23.6 Å². The van der Waals surface area contributed by atoms with E-state index in [2.05, 4.69) is 21.9 Å². The zero-order valence-electron chi connectivity index (χ0n) is 19.7. The minimum atomic E-state index is -1.67.